The van der Waals surface area contributed by atoms with Crippen molar-refractivity contribution in [2.45, 2.75) is 19.6 Å². The van der Waals surface area contributed by atoms with Gasteiger partial charge < -0.3 is 16.8 Å². The van der Waals surface area contributed by atoms with E-state index >= 15 is 0 Å². The zero-order valence-corrected chi connectivity index (χ0v) is 9.38. The van der Waals surface area contributed by atoms with Crippen molar-refractivity contribution in [1.82, 2.24) is 5.10 Å². The second-order valence-corrected chi connectivity index (χ2v) is 3.76. The lowest BCUT2D eigenvalue weighted by atomic mass is 10.3. The van der Waals surface area contributed by atoms with Gasteiger partial charge in [-0.15, -0.1) is 4.68 Å². The number of nitrogens with two attached hydrogens (primary N) is 3. The van der Waals surface area contributed by atoms with Crippen molar-refractivity contribution in [3.05, 3.63) is 23.8 Å². The fourth-order valence-electron chi connectivity index (χ4n) is 1.28. The van der Waals surface area contributed by atoms with Gasteiger partial charge in [-0.2, -0.15) is 18.3 Å². The molecule has 0 amide bonds. The van der Waals surface area contributed by atoms with Crippen LogP contribution in [0.5, 0.6) is 0 Å². The molecule has 0 bridgehead atoms. The molecule has 1 aromatic heterocycles. The minimum absolute atomic E-state index is 0.232. The van der Waals surface area contributed by atoms with Crippen LogP contribution in [0.2, 0.25) is 0 Å². The molecule has 5 nitrogen and oxygen atoms in total. The first-order valence-corrected chi connectivity index (χ1v) is 4.96. The molecule has 0 radical (unpaired) electrons. The summed E-state index contributed by atoms with van der Waals surface area (Å²) in [4.78, 5) is 0. The number of H-pyrrole nitrogens is 1. The zero-order valence-electron chi connectivity index (χ0n) is 9.38. The standard InChI is InChI=1S/C9H14F3N5/c1-6(13)8(15-5-9(10,11)12)4-17-3-7(14)2-16-17/h2-3,15H,4-5,13-14H2,1H3/p+2/b8-6-. The van der Waals surface area contributed by atoms with Gasteiger partial charge in [0, 0.05) is 0 Å². The lowest BCUT2D eigenvalue weighted by Crippen LogP contribution is -2.86. The minimum atomic E-state index is -4.22. The van der Waals surface area contributed by atoms with E-state index in [1.54, 1.807) is 24.0 Å². The Labute approximate surface area is 96.3 Å². The first-order chi connectivity index (χ1) is 7.78. The van der Waals surface area contributed by atoms with E-state index < -0.39 is 12.7 Å². The zero-order chi connectivity index (χ0) is 13.1. The molecule has 1 aromatic rings. The Balaban J connectivity index is 2.66. The number of nitrogens with zero attached hydrogens (tertiary/aromatic N) is 1. The van der Waals surface area contributed by atoms with E-state index in [1.165, 1.54) is 0 Å². The smallest absolute Gasteiger partial charge is 0.398 e. The quantitative estimate of drug-likeness (QED) is 0.528. The van der Waals surface area contributed by atoms with E-state index in [0.717, 1.165) is 5.32 Å². The van der Waals surface area contributed by atoms with E-state index in [4.69, 9.17) is 11.5 Å². The molecule has 0 fully saturated rings. The highest BCUT2D eigenvalue weighted by molar-refractivity contribution is 5.27. The molecule has 0 spiro atoms. The first kappa shape index (κ1) is 13.4. The maximum atomic E-state index is 12.1. The Kier molecular flexibility index (Phi) is 4.00. The van der Waals surface area contributed by atoms with Crippen LogP contribution in [0.3, 0.4) is 0 Å². The molecule has 0 aliphatic heterocycles. The van der Waals surface area contributed by atoms with Gasteiger partial charge in [0.1, 0.15) is 5.69 Å². The molecule has 0 aliphatic rings. The van der Waals surface area contributed by atoms with Crippen molar-refractivity contribution in [3.63, 3.8) is 0 Å². The van der Waals surface area contributed by atoms with Crippen LogP contribution in [0.15, 0.2) is 23.8 Å². The van der Waals surface area contributed by atoms with Crippen LogP contribution in [0.25, 0.3) is 0 Å². The molecule has 0 atom stereocenters. The molecule has 0 unspecified atom stereocenters. The van der Waals surface area contributed by atoms with Crippen LogP contribution in [-0.2, 0) is 6.54 Å². The largest absolute Gasteiger partial charge is 0.438 e. The Morgan fingerprint density at radius 1 is 1.53 bits per heavy atom. The summed E-state index contributed by atoms with van der Waals surface area (Å²) in [7, 11) is 0. The molecule has 17 heavy (non-hydrogen) atoms. The number of nitrogen functional groups attached to an aromatic ring is 1. The Hall–Kier alpha value is -1.70. The van der Waals surface area contributed by atoms with Gasteiger partial charge in [0.05, 0.1) is 11.9 Å². The molecular weight excluding hydrogens is 235 g/mol. The summed E-state index contributed by atoms with van der Waals surface area (Å²) < 4.78 is 37.8. The second-order valence-electron chi connectivity index (χ2n) is 3.76. The SMILES string of the molecule is C/C(N)=C(\C[n+]1cc(N)c[nH]1)[NH2+]CC(F)(F)F. The van der Waals surface area contributed by atoms with Gasteiger partial charge in [0.15, 0.2) is 12.2 Å². The van der Waals surface area contributed by atoms with Crippen LogP contribution in [0.4, 0.5) is 18.9 Å². The molecule has 8 heteroatoms. The first-order valence-electron chi connectivity index (χ1n) is 4.96. The number of hydrogen-bond donors (Lipinski definition) is 4. The fraction of sp³-hybridized carbons (Fsp3) is 0.444. The molecule has 1 rings (SSSR count). The number of halogens is 3. The van der Waals surface area contributed by atoms with Crippen LogP contribution < -0.4 is 21.5 Å². The predicted octanol–water partition coefficient (Wildman–Crippen LogP) is -0.800. The summed E-state index contributed by atoms with van der Waals surface area (Å²) in [5.41, 5.74) is 12.3. The monoisotopic (exact) mass is 251 g/mol. The van der Waals surface area contributed by atoms with E-state index in [0.29, 0.717) is 17.1 Å². The Bertz CT molecular complexity index is 403. The van der Waals surface area contributed by atoms with Crippen molar-refractivity contribution in [3.8, 4) is 0 Å². The van der Waals surface area contributed by atoms with Crippen LogP contribution >= 0.6 is 0 Å². The van der Waals surface area contributed by atoms with Crippen molar-refractivity contribution in [2.75, 3.05) is 12.3 Å². The summed E-state index contributed by atoms with van der Waals surface area (Å²) in [6.45, 7) is 0.804. The number of hydrogen-bond acceptors (Lipinski definition) is 2. The lowest BCUT2D eigenvalue weighted by Gasteiger charge is -2.06. The molecule has 0 saturated carbocycles. The van der Waals surface area contributed by atoms with Gasteiger partial charge in [-0.05, 0) is 6.92 Å². The summed E-state index contributed by atoms with van der Waals surface area (Å²) in [6, 6.07) is 0. The topological polar surface area (TPSA) is 88.3 Å². The molecule has 0 aliphatic carbocycles. The van der Waals surface area contributed by atoms with Crippen molar-refractivity contribution >= 4 is 5.69 Å². The Morgan fingerprint density at radius 3 is 2.59 bits per heavy atom. The van der Waals surface area contributed by atoms with Crippen molar-refractivity contribution in [2.24, 2.45) is 5.73 Å². The van der Waals surface area contributed by atoms with Gasteiger partial charge in [-0.1, -0.05) is 0 Å². The minimum Gasteiger partial charge on any atom is -0.398 e. The number of anilines is 1. The highest BCUT2D eigenvalue weighted by Gasteiger charge is 2.31. The summed E-state index contributed by atoms with van der Waals surface area (Å²) in [5.74, 6) is 0. The molecule has 7 N–H and O–H groups in total. The van der Waals surface area contributed by atoms with E-state index in [-0.39, 0.29) is 6.54 Å². The molecule has 96 valence electrons. The third-order valence-electron chi connectivity index (χ3n) is 2.13. The molecular formula is C9H16F3N5+2. The van der Waals surface area contributed by atoms with Crippen LogP contribution in [0.1, 0.15) is 6.92 Å². The summed E-state index contributed by atoms with van der Waals surface area (Å²) in [5, 5.41) is 3.87. The number of quaternary nitrogens is 1. The van der Waals surface area contributed by atoms with Gasteiger partial charge in [-0.3, -0.25) is 0 Å². The van der Waals surface area contributed by atoms with Crippen molar-refractivity contribution < 1.29 is 23.2 Å². The molecule has 0 saturated heterocycles. The third-order valence-corrected chi connectivity index (χ3v) is 2.13. The summed E-state index contributed by atoms with van der Waals surface area (Å²) >= 11 is 0. The third kappa shape index (κ3) is 4.77. The van der Waals surface area contributed by atoms with Gasteiger partial charge in [-0.25, -0.2) is 0 Å². The number of rotatable bonds is 4. The van der Waals surface area contributed by atoms with Crippen LogP contribution in [0, 0.1) is 0 Å². The van der Waals surface area contributed by atoms with E-state index in [9.17, 15) is 13.2 Å². The van der Waals surface area contributed by atoms with Gasteiger partial charge in [0.25, 0.3) is 0 Å². The number of allylic oxidation sites excluding steroid dienone is 2. The van der Waals surface area contributed by atoms with E-state index in [2.05, 4.69) is 5.10 Å². The molecule has 0 aromatic carbocycles. The van der Waals surface area contributed by atoms with Crippen LogP contribution in [-0.4, -0.2) is 17.8 Å². The highest BCUT2D eigenvalue weighted by Crippen LogP contribution is 2.10. The maximum Gasteiger partial charge on any atom is 0.438 e. The normalized spacial score (nSPS) is 13.6. The predicted molar refractivity (Wildman–Crippen MR) is 55.1 cm³/mol. The maximum absolute atomic E-state index is 12.1. The molecule has 1 heterocycles. The average Bonchev–Trinajstić information content (AvgIpc) is 2.56. The van der Waals surface area contributed by atoms with E-state index in [1.807, 2.05) is 0 Å². The number of aromatic nitrogens is 2. The number of aromatic amines is 1. The van der Waals surface area contributed by atoms with Crippen molar-refractivity contribution in [1.29, 1.82) is 0 Å². The average molecular weight is 251 g/mol. The number of nitrogens with one attached hydrogen (secondary N) is 1. The lowest BCUT2D eigenvalue weighted by molar-refractivity contribution is -0.769. The fourth-order valence-corrected chi connectivity index (χ4v) is 1.28. The summed E-state index contributed by atoms with van der Waals surface area (Å²) in [6.07, 6.45) is -1.09. The van der Waals surface area contributed by atoms with Gasteiger partial charge in [0.2, 0.25) is 12.7 Å². The van der Waals surface area contributed by atoms with Gasteiger partial charge >= 0.3 is 6.18 Å². The second kappa shape index (κ2) is 5.09. The number of alkyl halides is 3. The highest BCUT2D eigenvalue weighted by atomic mass is 19.4. The Morgan fingerprint density at radius 2 is 2.18 bits per heavy atom.